The van der Waals surface area contributed by atoms with Crippen LogP contribution < -0.4 is 15.8 Å². The Morgan fingerprint density at radius 3 is 2.83 bits per heavy atom. The lowest BCUT2D eigenvalue weighted by Crippen LogP contribution is -2.28. The first-order valence-electron chi connectivity index (χ1n) is 7.56. The van der Waals surface area contributed by atoms with E-state index in [-0.39, 0.29) is 11.3 Å². The number of benzene rings is 1. The van der Waals surface area contributed by atoms with Crippen molar-refractivity contribution in [2.24, 2.45) is 5.73 Å². The molecule has 1 heterocycles. The minimum atomic E-state index is -0.201. The van der Waals surface area contributed by atoms with Gasteiger partial charge in [-0.3, -0.25) is 4.79 Å². The van der Waals surface area contributed by atoms with E-state index in [0.29, 0.717) is 25.4 Å². The van der Waals surface area contributed by atoms with E-state index in [1.54, 1.807) is 5.38 Å². The van der Waals surface area contributed by atoms with Crippen LogP contribution in [0.15, 0.2) is 29.6 Å². The molecule has 2 rings (SSSR count). The van der Waals surface area contributed by atoms with Gasteiger partial charge in [0.15, 0.2) is 0 Å². The van der Waals surface area contributed by atoms with Crippen LogP contribution in [-0.4, -0.2) is 24.0 Å². The standard InChI is InChI=1S/C17H23N3O2S/c1-17(2,3)12-5-4-6-13(9-12)22-8-7-19-16(21)14-11-23-15(10-18)20-14/h4-6,9,11H,7-8,10,18H2,1-3H3,(H,19,21). The van der Waals surface area contributed by atoms with Crippen LogP contribution in [0, 0.1) is 0 Å². The van der Waals surface area contributed by atoms with Crippen LogP contribution in [0.5, 0.6) is 5.75 Å². The van der Waals surface area contributed by atoms with Gasteiger partial charge in [-0.1, -0.05) is 32.9 Å². The summed E-state index contributed by atoms with van der Waals surface area (Å²) < 4.78 is 5.70. The van der Waals surface area contributed by atoms with E-state index in [1.165, 1.54) is 16.9 Å². The van der Waals surface area contributed by atoms with E-state index in [4.69, 9.17) is 10.5 Å². The van der Waals surface area contributed by atoms with Gasteiger partial charge in [0.25, 0.3) is 5.91 Å². The highest BCUT2D eigenvalue weighted by Gasteiger charge is 2.14. The summed E-state index contributed by atoms with van der Waals surface area (Å²) in [6.45, 7) is 7.67. The Morgan fingerprint density at radius 1 is 1.39 bits per heavy atom. The molecule has 1 aromatic carbocycles. The molecule has 0 bridgehead atoms. The van der Waals surface area contributed by atoms with Gasteiger partial charge < -0.3 is 15.8 Å². The van der Waals surface area contributed by atoms with E-state index >= 15 is 0 Å². The summed E-state index contributed by atoms with van der Waals surface area (Å²) in [4.78, 5) is 16.1. The summed E-state index contributed by atoms with van der Waals surface area (Å²) in [7, 11) is 0. The minimum absolute atomic E-state index is 0.0822. The molecule has 2 aromatic rings. The maximum Gasteiger partial charge on any atom is 0.270 e. The second-order valence-corrected chi connectivity index (χ2v) is 7.16. The average molecular weight is 333 g/mol. The second kappa shape index (κ2) is 7.57. The number of hydrogen-bond acceptors (Lipinski definition) is 5. The van der Waals surface area contributed by atoms with Crippen molar-refractivity contribution < 1.29 is 9.53 Å². The third-order valence-corrected chi connectivity index (χ3v) is 4.19. The molecule has 0 radical (unpaired) electrons. The molecule has 0 aliphatic heterocycles. The van der Waals surface area contributed by atoms with Gasteiger partial charge in [0.1, 0.15) is 23.1 Å². The average Bonchev–Trinajstić information content (AvgIpc) is 3.00. The number of aromatic nitrogens is 1. The minimum Gasteiger partial charge on any atom is -0.492 e. The van der Waals surface area contributed by atoms with Gasteiger partial charge in [0.05, 0.1) is 6.54 Å². The molecule has 0 unspecified atom stereocenters. The fourth-order valence-corrected chi connectivity index (χ4v) is 2.64. The van der Waals surface area contributed by atoms with Gasteiger partial charge in [0.2, 0.25) is 0 Å². The number of nitrogens with one attached hydrogen (secondary N) is 1. The molecule has 0 saturated heterocycles. The summed E-state index contributed by atoms with van der Waals surface area (Å²) in [6.07, 6.45) is 0. The summed E-state index contributed by atoms with van der Waals surface area (Å²) >= 11 is 1.39. The normalized spacial score (nSPS) is 11.3. The lowest BCUT2D eigenvalue weighted by atomic mass is 9.87. The highest BCUT2D eigenvalue weighted by atomic mass is 32.1. The number of ether oxygens (including phenoxy) is 1. The quantitative estimate of drug-likeness (QED) is 0.797. The molecule has 6 heteroatoms. The first-order valence-corrected chi connectivity index (χ1v) is 8.44. The summed E-state index contributed by atoms with van der Waals surface area (Å²) in [5.41, 5.74) is 7.20. The Balaban J connectivity index is 1.80. The third kappa shape index (κ3) is 5.04. The molecule has 124 valence electrons. The van der Waals surface area contributed by atoms with E-state index < -0.39 is 0 Å². The second-order valence-electron chi connectivity index (χ2n) is 6.21. The zero-order chi connectivity index (χ0) is 16.9. The Hall–Kier alpha value is -1.92. The van der Waals surface area contributed by atoms with Gasteiger partial charge in [0, 0.05) is 11.9 Å². The van der Waals surface area contributed by atoms with Crippen molar-refractivity contribution in [1.82, 2.24) is 10.3 Å². The van der Waals surface area contributed by atoms with Crippen LogP contribution in [0.2, 0.25) is 0 Å². The number of hydrogen-bond donors (Lipinski definition) is 2. The van der Waals surface area contributed by atoms with Crippen LogP contribution >= 0.6 is 11.3 Å². The number of thiazole rings is 1. The molecule has 0 fully saturated rings. The van der Waals surface area contributed by atoms with Gasteiger partial charge >= 0.3 is 0 Å². The largest absolute Gasteiger partial charge is 0.492 e. The van der Waals surface area contributed by atoms with E-state index in [0.717, 1.165) is 10.8 Å². The molecule has 3 N–H and O–H groups in total. The van der Waals surface area contributed by atoms with Crippen LogP contribution in [0.4, 0.5) is 0 Å². The number of carbonyl (C=O) groups is 1. The molecule has 23 heavy (non-hydrogen) atoms. The van der Waals surface area contributed by atoms with Crippen molar-refractivity contribution in [1.29, 1.82) is 0 Å². The van der Waals surface area contributed by atoms with Crippen molar-refractivity contribution in [3.63, 3.8) is 0 Å². The number of amides is 1. The summed E-state index contributed by atoms with van der Waals surface area (Å²) in [5, 5.41) is 5.26. The molecule has 0 atom stereocenters. The molecule has 0 spiro atoms. The van der Waals surface area contributed by atoms with Crippen molar-refractivity contribution >= 4 is 17.2 Å². The monoisotopic (exact) mass is 333 g/mol. The number of rotatable bonds is 6. The van der Waals surface area contributed by atoms with Crippen molar-refractivity contribution in [3.8, 4) is 5.75 Å². The number of nitrogens with two attached hydrogens (primary N) is 1. The lowest BCUT2D eigenvalue weighted by molar-refractivity contribution is 0.0942. The molecule has 0 saturated carbocycles. The third-order valence-electron chi connectivity index (χ3n) is 3.32. The van der Waals surface area contributed by atoms with E-state index in [1.807, 2.05) is 18.2 Å². The Morgan fingerprint density at radius 2 is 2.17 bits per heavy atom. The molecule has 0 aliphatic rings. The van der Waals surface area contributed by atoms with Gasteiger partial charge in [-0.05, 0) is 23.1 Å². The van der Waals surface area contributed by atoms with Gasteiger partial charge in [-0.2, -0.15) is 0 Å². The fourth-order valence-electron chi connectivity index (χ4n) is 1.99. The van der Waals surface area contributed by atoms with Crippen LogP contribution in [0.3, 0.4) is 0 Å². The molecular formula is C17H23N3O2S. The summed E-state index contributed by atoms with van der Waals surface area (Å²) in [6, 6.07) is 8.03. The highest BCUT2D eigenvalue weighted by Crippen LogP contribution is 2.25. The van der Waals surface area contributed by atoms with E-state index in [2.05, 4.69) is 37.1 Å². The predicted molar refractivity (Wildman–Crippen MR) is 93.0 cm³/mol. The smallest absolute Gasteiger partial charge is 0.270 e. The molecule has 0 aliphatic carbocycles. The maximum atomic E-state index is 11.9. The van der Waals surface area contributed by atoms with Crippen molar-refractivity contribution in [2.45, 2.75) is 32.7 Å². The zero-order valence-corrected chi connectivity index (χ0v) is 14.6. The van der Waals surface area contributed by atoms with Crippen LogP contribution in [0.25, 0.3) is 0 Å². The lowest BCUT2D eigenvalue weighted by Gasteiger charge is -2.19. The van der Waals surface area contributed by atoms with Crippen molar-refractivity contribution in [2.75, 3.05) is 13.2 Å². The van der Waals surface area contributed by atoms with Gasteiger partial charge in [-0.25, -0.2) is 4.98 Å². The SMILES string of the molecule is CC(C)(C)c1cccc(OCCNC(=O)c2csc(CN)n2)c1. The molecule has 1 aromatic heterocycles. The van der Waals surface area contributed by atoms with Gasteiger partial charge in [-0.15, -0.1) is 11.3 Å². The van der Waals surface area contributed by atoms with E-state index in [9.17, 15) is 4.79 Å². The molecule has 5 nitrogen and oxygen atoms in total. The Kier molecular flexibility index (Phi) is 5.74. The first-order chi connectivity index (χ1) is 10.9. The topological polar surface area (TPSA) is 77.2 Å². The Bertz CT molecular complexity index is 662. The first kappa shape index (κ1) is 17.4. The highest BCUT2D eigenvalue weighted by molar-refractivity contribution is 7.09. The maximum absolute atomic E-state index is 11.9. The van der Waals surface area contributed by atoms with Crippen LogP contribution in [-0.2, 0) is 12.0 Å². The van der Waals surface area contributed by atoms with Crippen LogP contribution in [0.1, 0.15) is 41.8 Å². The van der Waals surface area contributed by atoms with Crippen molar-refractivity contribution in [3.05, 3.63) is 45.9 Å². The zero-order valence-electron chi connectivity index (χ0n) is 13.8. The fraction of sp³-hybridized carbons (Fsp3) is 0.412. The molecular weight excluding hydrogens is 310 g/mol. The molecule has 1 amide bonds. The number of carbonyl (C=O) groups excluding carboxylic acids is 1. The Labute approximate surface area is 140 Å². The predicted octanol–water partition coefficient (Wildman–Crippen LogP) is 2.71. The summed E-state index contributed by atoms with van der Waals surface area (Å²) in [5.74, 6) is 0.610. The number of nitrogens with zero attached hydrogens (tertiary/aromatic N) is 1.